The lowest BCUT2D eigenvalue weighted by Gasteiger charge is -2.29. The highest BCUT2D eigenvalue weighted by Gasteiger charge is 2.13. The third-order valence-electron chi connectivity index (χ3n) is 3.99. The lowest BCUT2D eigenvalue weighted by molar-refractivity contribution is 0.185. The lowest BCUT2D eigenvalue weighted by atomic mass is 10.1. The largest absolute Gasteiger partial charge is 0.301 e. The van der Waals surface area contributed by atoms with Gasteiger partial charge in [-0.05, 0) is 79.6 Å². The van der Waals surface area contributed by atoms with Gasteiger partial charge in [-0.2, -0.15) is 0 Å². The first-order chi connectivity index (χ1) is 8.11. The van der Waals surface area contributed by atoms with Crippen molar-refractivity contribution in [1.82, 2.24) is 9.80 Å². The number of rotatable bonds is 2. The van der Waals surface area contributed by atoms with Crippen molar-refractivity contribution in [2.75, 3.05) is 26.2 Å². The molecule has 0 N–H and O–H groups in total. The Hall–Kier alpha value is -0.0800. The average molecular weight is 273 g/mol. The van der Waals surface area contributed by atoms with Crippen LogP contribution in [0.1, 0.15) is 74.7 Å². The molecule has 118 valence electrons. The molecule has 0 aliphatic carbocycles. The summed E-state index contributed by atoms with van der Waals surface area (Å²) in [6.07, 6.45) is 7.11. The second-order valence-corrected chi connectivity index (χ2v) is 6.03. The lowest BCUT2D eigenvalue weighted by Crippen LogP contribution is -2.35. The third-order valence-corrected chi connectivity index (χ3v) is 3.99. The van der Waals surface area contributed by atoms with Gasteiger partial charge in [-0.15, -0.1) is 0 Å². The van der Waals surface area contributed by atoms with Crippen molar-refractivity contribution in [3.05, 3.63) is 0 Å². The quantitative estimate of drug-likeness (QED) is 0.722. The number of nitrogens with zero attached hydrogens (tertiary/aromatic N) is 2. The Kier molecular flexibility index (Phi) is 13.1. The standard InChI is InChI=1S/C8H17N.C7H15N.2CH4/c1-8(2)9-6-4-3-5-7-9;1-7(2)8-5-3-4-6-8;;/h8H,3-7H2,1-2H3;7H,3-6H2,1-2H3;2*1H4. The van der Waals surface area contributed by atoms with Gasteiger partial charge in [0, 0.05) is 12.1 Å². The van der Waals surface area contributed by atoms with Crippen LogP contribution in [-0.2, 0) is 0 Å². The van der Waals surface area contributed by atoms with Crippen molar-refractivity contribution in [2.24, 2.45) is 0 Å². The Bertz CT molecular complexity index is 178. The van der Waals surface area contributed by atoms with Crippen LogP contribution < -0.4 is 0 Å². The van der Waals surface area contributed by atoms with E-state index >= 15 is 0 Å². The molecule has 2 heterocycles. The molecule has 0 atom stereocenters. The SMILES string of the molecule is C.C.CC(C)N1CCCC1.CC(C)N1CCCCC1. The first kappa shape index (κ1) is 21.2. The van der Waals surface area contributed by atoms with Crippen molar-refractivity contribution in [1.29, 1.82) is 0 Å². The highest BCUT2D eigenvalue weighted by Crippen LogP contribution is 2.11. The van der Waals surface area contributed by atoms with Crippen molar-refractivity contribution in [3.63, 3.8) is 0 Å². The first-order valence-electron chi connectivity index (χ1n) is 7.59. The summed E-state index contributed by atoms with van der Waals surface area (Å²) >= 11 is 0. The number of piperidine rings is 1. The highest BCUT2D eigenvalue weighted by molar-refractivity contribution is 4.69. The molecule has 2 aliphatic rings. The molecule has 0 aromatic rings. The molecule has 0 amide bonds. The fourth-order valence-corrected chi connectivity index (χ4v) is 2.69. The Balaban J connectivity index is 0. The van der Waals surface area contributed by atoms with Crippen molar-refractivity contribution in [3.8, 4) is 0 Å². The van der Waals surface area contributed by atoms with E-state index in [-0.39, 0.29) is 14.9 Å². The molecule has 2 heteroatoms. The van der Waals surface area contributed by atoms with Crippen molar-refractivity contribution < 1.29 is 0 Å². The fraction of sp³-hybridized carbons (Fsp3) is 1.00. The van der Waals surface area contributed by atoms with Crippen molar-refractivity contribution in [2.45, 2.75) is 86.7 Å². The van der Waals surface area contributed by atoms with E-state index in [1.165, 1.54) is 58.3 Å². The molecule has 0 bridgehead atoms. The van der Waals surface area contributed by atoms with E-state index < -0.39 is 0 Å². The van der Waals surface area contributed by atoms with Gasteiger partial charge in [-0.25, -0.2) is 0 Å². The molecule has 2 aliphatic heterocycles. The summed E-state index contributed by atoms with van der Waals surface area (Å²) in [4.78, 5) is 5.09. The maximum absolute atomic E-state index is 2.56. The summed E-state index contributed by atoms with van der Waals surface area (Å²) in [7, 11) is 0. The van der Waals surface area contributed by atoms with Crippen LogP contribution in [0.4, 0.5) is 0 Å². The number of likely N-dealkylation sites (tertiary alicyclic amines) is 2. The van der Waals surface area contributed by atoms with Crippen LogP contribution in [0.3, 0.4) is 0 Å². The van der Waals surface area contributed by atoms with Crippen LogP contribution in [0.25, 0.3) is 0 Å². The fourth-order valence-electron chi connectivity index (χ4n) is 2.69. The summed E-state index contributed by atoms with van der Waals surface area (Å²) < 4.78 is 0. The van der Waals surface area contributed by atoms with Gasteiger partial charge in [0.1, 0.15) is 0 Å². The molecular weight excluding hydrogens is 232 g/mol. The molecule has 0 radical (unpaired) electrons. The molecule has 0 aromatic carbocycles. The maximum Gasteiger partial charge on any atom is 0.00385 e. The number of hydrogen-bond acceptors (Lipinski definition) is 2. The summed E-state index contributed by atoms with van der Waals surface area (Å²) in [6, 6.07) is 1.54. The van der Waals surface area contributed by atoms with E-state index in [1.807, 2.05) is 0 Å². The Labute approximate surface area is 123 Å². The van der Waals surface area contributed by atoms with E-state index in [0.717, 1.165) is 12.1 Å². The molecule has 0 aromatic heterocycles. The smallest absolute Gasteiger partial charge is 0.00385 e. The van der Waals surface area contributed by atoms with Gasteiger partial charge < -0.3 is 9.80 Å². The maximum atomic E-state index is 2.56. The average Bonchev–Trinajstić information content (AvgIpc) is 2.84. The van der Waals surface area contributed by atoms with Gasteiger partial charge in [-0.1, -0.05) is 21.3 Å². The Morgan fingerprint density at radius 3 is 1.00 bits per heavy atom. The zero-order valence-corrected chi connectivity index (χ0v) is 12.4. The zero-order chi connectivity index (χ0) is 12.7. The molecule has 2 rings (SSSR count). The minimum atomic E-state index is 0. The summed E-state index contributed by atoms with van der Waals surface area (Å²) in [5, 5.41) is 0. The van der Waals surface area contributed by atoms with Crippen LogP contribution in [0.5, 0.6) is 0 Å². The minimum Gasteiger partial charge on any atom is -0.301 e. The monoisotopic (exact) mass is 272 g/mol. The van der Waals surface area contributed by atoms with Crippen LogP contribution in [0, 0.1) is 0 Å². The predicted molar refractivity (Wildman–Crippen MR) is 90.0 cm³/mol. The third kappa shape index (κ3) is 8.65. The topological polar surface area (TPSA) is 6.48 Å². The molecule has 2 saturated heterocycles. The van der Waals surface area contributed by atoms with E-state index in [1.54, 1.807) is 0 Å². The second-order valence-electron chi connectivity index (χ2n) is 6.03. The Morgan fingerprint density at radius 1 is 0.526 bits per heavy atom. The van der Waals surface area contributed by atoms with Gasteiger partial charge >= 0.3 is 0 Å². The molecule has 0 saturated carbocycles. The normalized spacial score (nSPS) is 20.5. The summed E-state index contributed by atoms with van der Waals surface area (Å²) in [5.74, 6) is 0. The predicted octanol–water partition coefficient (Wildman–Crippen LogP) is 4.64. The van der Waals surface area contributed by atoms with Gasteiger partial charge in [0.15, 0.2) is 0 Å². The van der Waals surface area contributed by atoms with E-state index in [0.29, 0.717) is 0 Å². The van der Waals surface area contributed by atoms with Gasteiger partial charge in [-0.3, -0.25) is 0 Å². The van der Waals surface area contributed by atoms with Crippen LogP contribution in [0.15, 0.2) is 0 Å². The van der Waals surface area contributed by atoms with Gasteiger partial charge in [0.05, 0.1) is 0 Å². The molecule has 0 spiro atoms. The molecule has 2 nitrogen and oxygen atoms in total. The van der Waals surface area contributed by atoms with E-state index in [2.05, 4.69) is 37.5 Å². The first-order valence-corrected chi connectivity index (χ1v) is 7.59. The van der Waals surface area contributed by atoms with Crippen molar-refractivity contribution >= 4 is 0 Å². The second kappa shape index (κ2) is 11.7. The molecule has 2 fully saturated rings. The van der Waals surface area contributed by atoms with E-state index in [9.17, 15) is 0 Å². The highest BCUT2D eigenvalue weighted by atomic mass is 15.2. The molecule has 0 unspecified atom stereocenters. The van der Waals surface area contributed by atoms with Gasteiger partial charge in [0.25, 0.3) is 0 Å². The zero-order valence-electron chi connectivity index (χ0n) is 12.4. The summed E-state index contributed by atoms with van der Waals surface area (Å²) in [6.45, 7) is 14.4. The van der Waals surface area contributed by atoms with Crippen LogP contribution in [0.2, 0.25) is 0 Å². The molecule has 19 heavy (non-hydrogen) atoms. The minimum absolute atomic E-state index is 0. The summed E-state index contributed by atoms with van der Waals surface area (Å²) in [5.41, 5.74) is 0. The van der Waals surface area contributed by atoms with Crippen LogP contribution >= 0.6 is 0 Å². The Morgan fingerprint density at radius 2 is 0.789 bits per heavy atom. The molecular formula is C17H40N2. The van der Waals surface area contributed by atoms with Crippen LogP contribution in [-0.4, -0.2) is 48.1 Å². The number of hydrogen-bond donors (Lipinski definition) is 0. The van der Waals surface area contributed by atoms with Gasteiger partial charge in [0.2, 0.25) is 0 Å². The van der Waals surface area contributed by atoms with E-state index in [4.69, 9.17) is 0 Å².